The van der Waals surface area contributed by atoms with Gasteiger partial charge in [-0.1, -0.05) is 42.0 Å². The Balaban J connectivity index is 1.37. The molecule has 0 atom stereocenters. The van der Waals surface area contributed by atoms with Crippen molar-refractivity contribution in [3.63, 3.8) is 0 Å². The van der Waals surface area contributed by atoms with Gasteiger partial charge in [0, 0.05) is 38.9 Å². The molecule has 2 aromatic carbocycles. The van der Waals surface area contributed by atoms with E-state index in [1.54, 1.807) is 12.3 Å². The molecule has 1 aliphatic heterocycles. The molecule has 0 radical (unpaired) electrons. The Kier molecular flexibility index (Phi) is 5.37. The lowest BCUT2D eigenvalue weighted by Crippen LogP contribution is -2.47. The van der Waals surface area contributed by atoms with Crippen molar-refractivity contribution in [3.05, 3.63) is 77.7 Å². The number of piperazine rings is 1. The van der Waals surface area contributed by atoms with Gasteiger partial charge in [0.25, 0.3) is 0 Å². The normalized spacial score (nSPS) is 14.2. The number of hydrogen-bond acceptors (Lipinski definition) is 5. The number of aromatic nitrogens is 2. The lowest BCUT2D eigenvalue weighted by Gasteiger charge is -2.36. The average molecular weight is 377 g/mol. The first-order valence-electron chi connectivity index (χ1n) is 9.56. The van der Waals surface area contributed by atoms with Crippen molar-refractivity contribution in [2.75, 3.05) is 41.3 Å². The standard InChI is InChI=1S/C22H24FN5/c1-17-6-8-18(9-7-17)16-25-22-24-11-10-21(26-22)28-14-12-27(13-15-28)20-5-3-2-4-19(20)23/h2-11H,12-16H2,1H3,(H,24,25,26). The number of anilines is 3. The predicted molar refractivity (Wildman–Crippen MR) is 111 cm³/mol. The maximum atomic E-state index is 14.0. The monoisotopic (exact) mass is 377 g/mol. The van der Waals surface area contributed by atoms with Crippen LogP contribution in [0.25, 0.3) is 0 Å². The van der Waals surface area contributed by atoms with Crippen LogP contribution in [0.3, 0.4) is 0 Å². The molecule has 3 aromatic rings. The summed E-state index contributed by atoms with van der Waals surface area (Å²) < 4.78 is 14.0. The van der Waals surface area contributed by atoms with Gasteiger partial charge in [-0.25, -0.2) is 9.37 Å². The molecule has 0 saturated carbocycles. The van der Waals surface area contributed by atoms with Crippen LogP contribution in [0.2, 0.25) is 0 Å². The molecule has 1 fully saturated rings. The number of nitrogens with one attached hydrogen (secondary N) is 1. The van der Waals surface area contributed by atoms with Crippen LogP contribution in [0.4, 0.5) is 21.8 Å². The van der Waals surface area contributed by atoms with Gasteiger partial charge in [-0.3, -0.25) is 0 Å². The van der Waals surface area contributed by atoms with Gasteiger partial charge in [-0.05, 0) is 30.7 Å². The molecule has 0 bridgehead atoms. The van der Waals surface area contributed by atoms with Crippen LogP contribution in [0.1, 0.15) is 11.1 Å². The Labute approximate surface area is 164 Å². The summed E-state index contributed by atoms with van der Waals surface area (Å²) >= 11 is 0. The highest BCUT2D eigenvalue weighted by Crippen LogP contribution is 2.22. The first kappa shape index (κ1) is 18.2. The Morgan fingerprint density at radius 3 is 2.39 bits per heavy atom. The smallest absolute Gasteiger partial charge is 0.224 e. The van der Waals surface area contributed by atoms with Crippen molar-refractivity contribution in [3.8, 4) is 0 Å². The fraction of sp³-hybridized carbons (Fsp3) is 0.273. The van der Waals surface area contributed by atoms with Gasteiger partial charge in [0.15, 0.2) is 0 Å². The summed E-state index contributed by atoms with van der Waals surface area (Å²) in [5, 5.41) is 3.29. The maximum Gasteiger partial charge on any atom is 0.224 e. The van der Waals surface area contributed by atoms with Gasteiger partial charge in [0.2, 0.25) is 5.95 Å². The number of hydrogen-bond donors (Lipinski definition) is 1. The third-order valence-electron chi connectivity index (χ3n) is 5.01. The van der Waals surface area contributed by atoms with Crippen LogP contribution < -0.4 is 15.1 Å². The van der Waals surface area contributed by atoms with Gasteiger partial charge >= 0.3 is 0 Å². The lowest BCUT2D eigenvalue weighted by molar-refractivity contribution is 0.596. The van der Waals surface area contributed by atoms with Crippen molar-refractivity contribution in [2.24, 2.45) is 0 Å². The van der Waals surface area contributed by atoms with E-state index in [0.717, 1.165) is 32.0 Å². The molecular weight excluding hydrogens is 353 g/mol. The Morgan fingerprint density at radius 1 is 0.929 bits per heavy atom. The summed E-state index contributed by atoms with van der Waals surface area (Å²) in [7, 11) is 0. The van der Waals surface area contributed by atoms with E-state index in [0.29, 0.717) is 18.2 Å². The largest absolute Gasteiger partial charge is 0.366 e. The summed E-state index contributed by atoms with van der Waals surface area (Å²) in [6, 6.07) is 17.3. The molecule has 28 heavy (non-hydrogen) atoms. The number of halogens is 1. The Bertz CT molecular complexity index is 920. The minimum atomic E-state index is -0.166. The second-order valence-electron chi connectivity index (χ2n) is 7.00. The SMILES string of the molecule is Cc1ccc(CNc2nccc(N3CCN(c4ccccc4F)CC3)n2)cc1. The average Bonchev–Trinajstić information content (AvgIpc) is 2.74. The number of benzene rings is 2. The number of nitrogens with zero attached hydrogens (tertiary/aromatic N) is 4. The second-order valence-corrected chi connectivity index (χ2v) is 7.00. The molecule has 144 valence electrons. The van der Waals surface area contributed by atoms with Gasteiger partial charge in [-0.2, -0.15) is 4.98 Å². The van der Waals surface area contributed by atoms with Crippen molar-refractivity contribution in [1.29, 1.82) is 0 Å². The van der Waals surface area contributed by atoms with E-state index in [2.05, 4.69) is 56.3 Å². The molecule has 6 heteroatoms. The molecule has 0 amide bonds. The fourth-order valence-corrected chi connectivity index (χ4v) is 3.38. The van der Waals surface area contributed by atoms with Crippen LogP contribution in [-0.2, 0) is 6.54 Å². The first-order valence-corrected chi connectivity index (χ1v) is 9.56. The fourth-order valence-electron chi connectivity index (χ4n) is 3.38. The number of para-hydroxylation sites is 1. The van der Waals surface area contributed by atoms with Gasteiger partial charge in [0.1, 0.15) is 11.6 Å². The zero-order valence-electron chi connectivity index (χ0n) is 16.0. The van der Waals surface area contributed by atoms with Gasteiger partial charge in [0.05, 0.1) is 5.69 Å². The summed E-state index contributed by atoms with van der Waals surface area (Å²) in [5.74, 6) is 1.35. The molecule has 1 aromatic heterocycles. The number of aryl methyl sites for hydroxylation is 1. The van der Waals surface area contributed by atoms with E-state index in [4.69, 9.17) is 0 Å². The predicted octanol–water partition coefficient (Wildman–Crippen LogP) is 3.86. The molecule has 4 rings (SSSR count). The molecule has 0 aliphatic carbocycles. The lowest BCUT2D eigenvalue weighted by atomic mass is 10.1. The topological polar surface area (TPSA) is 44.3 Å². The number of rotatable bonds is 5. The first-order chi connectivity index (χ1) is 13.7. The minimum absolute atomic E-state index is 0.166. The summed E-state index contributed by atoms with van der Waals surface area (Å²) in [6.45, 7) is 5.88. The minimum Gasteiger partial charge on any atom is -0.366 e. The van der Waals surface area contributed by atoms with Gasteiger partial charge < -0.3 is 15.1 Å². The van der Waals surface area contributed by atoms with Crippen LogP contribution in [0, 0.1) is 12.7 Å². The highest BCUT2D eigenvalue weighted by Gasteiger charge is 2.20. The van der Waals surface area contributed by atoms with Crippen LogP contribution in [0.15, 0.2) is 60.8 Å². The van der Waals surface area contributed by atoms with Crippen LogP contribution in [0.5, 0.6) is 0 Å². The van der Waals surface area contributed by atoms with E-state index < -0.39 is 0 Å². The summed E-state index contributed by atoms with van der Waals surface area (Å²) in [4.78, 5) is 13.3. The highest BCUT2D eigenvalue weighted by molar-refractivity contribution is 5.51. The molecular formula is C22H24FN5. The summed E-state index contributed by atoms with van der Waals surface area (Å²) in [5.41, 5.74) is 3.11. The molecule has 2 heterocycles. The quantitative estimate of drug-likeness (QED) is 0.731. The van der Waals surface area contributed by atoms with Gasteiger partial charge in [-0.15, -0.1) is 0 Å². The van der Waals surface area contributed by atoms with Crippen molar-refractivity contribution in [2.45, 2.75) is 13.5 Å². The molecule has 1 saturated heterocycles. The zero-order chi connectivity index (χ0) is 19.3. The molecule has 0 unspecified atom stereocenters. The van der Waals surface area contributed by atoms with Crippen molar-refractivity contribution < 1.29 is 4.39 Å². The van der Waals surface area contributed by atoms with Crippen molar-refractivity contribution in [1.82, 2.24) is 9.97 Å². The Hall–Kier alpha value is -3.15. The third kappa shape index (κ3) is 4.22. The molecule has 1 N–H and O–H groups in total. The van der Waals surface area contributed by atoms with E-state index in [1.165, 1.54) is 17.2 Å². The zero-order valence-corrected chi connectivity index (χ0v) is 16.0. The molecule has 1 aliphatic rings. The summed E-state index contributed by atoms with van der Waals surface area (Å²) in [6.07, 6.45) is 1.78. The Morgan fingerprint density at radius 2 is 1.64 bits per heavy atom. The molecule has 5 nitrogen and oxygen atoms in total. The van der Waals surface area contributed by atoms with Crippen LogP contribution in [-0.4, -0.2) is 36.1 Å². The third-order valence-corrected chi connectivity index (χ3v) is 5.01. The van der Waals surface area contributed by atoms with E-state index in [-0.39, 0.29) is 5.82 Å². The second kappa shape index (κ2) is 8.25. The highest BCUT2D eigenvalue weighted by atomic mass is 19.1. The van der Waals surface area contributed by atoms with Crippen molar-refractivity contribution >= 4 is 17.5 Å². The molecule has 0 spiro atoms. The van der Waals surface area contributed by atoms with E-state index in [1.807, 2.05) is 18.2 Å². The van der Waals surface area contributed by atoms with Crippen LogP contribution >= 0.6 is 0 Å². The van der Waals surface area contributed by atoms with E-state index in [9.17, 15) is 4.39 Å². The maximum absolute atomic E-state index is 14.0. The van der Waals surface area contributed by atoms with E-state index >= 15 is 0 Å².